The number of allylic oxidation sites excluding steroid dienone is 8. The quantitative estimate of drug-likeness (QED) is 0.570. The number of fused-ring (bicyclic) bond motifs is 2. The van der Waals surface area contributed by atoms with Crippen molar-refractivity contribution in [3.8, 4) is 0 Å². The molecule has 112 valence electrons. The predicted octanol–water partition coefficient (Wildman–Crippen LogP) is 5.74. The molecule has 0 aromatic rings. The summed E-state index contributed by atoms with van der Waals surface area (Å²) in [7, 11) is -1.22. The molecule has 0 N–H and O–H groups in total. The van der Waals surface area contributed by atoms with E-state index in [9.17, 15) is 0 Å². The molecular formula is C20H28Si. The van der Waals surface area contributed by atoms with Crippen LogP contribution in [-0.2, 0) is 0 Å². The van der Waals surface area contributed by atoms with Crippen LogP contribution in [0.15, 0.2) is 48.6 Å². The highest BCUT2D eigenvalue weighted by atomic mass is 28.3. The molecule has 2 fully saturated rings. The third kappa shape index (κ3) is 2.16. The summed E-state index contributed by atoms with van der Waals surface area (Å²) in [6.45, 7) is 5.43. The van der Waals surface area contributed by atoms with Crippen LogP contribution in [0.4, 0.5) is 0 Å². The van der Waals surface area contributed by atoms with Crippen LogP contribution in [0.1, 0.15) is 25.7 Å². The molecule has 1 heteroatoms. The molecule has 4 aliphatic rings. The van der Waals surface area contributed by atoms with E-state index in [0.29, 0.717) is 0 Å². The second-order valence-corrected chi connectivity index (χ2v) is 13.3. The maximum absolute atomic E-state index is 2.71. The minimum atomic E-state index is -1.22. The average molecular weight is 297 g/mol. The van der Waals surface area contributed by atoms with Crippen molar-refractivity contribution in [1.29, 1.82) is 0 Å². The van der Waals surface area contributed by atoms with Crippen molar-refractivity contribution in [2.45, 2.75) is 49.9 Å². The SMILES string of the molecule is C[Si](C)(C1CCC2C=CC=CC21)[C@@H]1CCC2C=CC=CC21. The molecular weight excluding hydrogens is 268 g/mol. The number of rotatable bonds is 2. The van der Waals surface area contributed by atoms with Gasteiger partial charge in [-0.2, -0.15) is 0 Å². The highest BCUT2D eigenvalue weighted by Crippen LogP contribution is 2.58. The van der Waals surface area contributed by atoms with Gasteiger partial charge in [0.1, 0.15) is 0 Å². The number of hydrogen-bond donors (Lipinski definition) is 0. The van der Waals surface area contributed by atoms with Crippen LogP contribution >= 0.6 is 0 Å². The van der Waals surface area contributed by atoms with E-state index in [1.807, 2.05) is 0 Å². The summed E-state index contributed by atoms with van der Waals surface area (Å²) in [6.07, 6.45) is 25.1. The molecule has 2 saturated carbocycles. The monoisotopic (exact) mass is 296 g/mol. The topological polar surface area (TPSA) is 0 Å². The van der Waals surface area contributed by atoms with Gasteiger partial charge in [-0.3, -0.25) is 0 Å². The maximum atomic E-state index is 2.71. The van der Waals surface area contributed by atoms with Crippen molar-refractivity contribution in [3.05, 3.63) is 48.6 Å². The van der Waals surface area contributed by atoms with Crippen LogP contribution in [0.2, 0.25) is 24.2 Å². The molecule has 5 unspecified atom stereocenters. The molecule has 4 aliphatic carbocycles. The molecule has 0 bridgehead atoms. The van der Waals surface area contributed by atoms with Gasteiger partial charge in [0.15, 0.2) is 0 Å². The molecule has 0 spiro atoms. The van der Waals surface area contributed by atoms with Crippen LogP contribution < -0.4 is 0 Å². The van der Waals surface area contributed by atoms with Crippen molar-refractivity contribution in [2.75, 3.05) is 0 Å². The summed E-state index contributed by atoms with van der Waals surface area (Å²) in [6, 6.07) is 0. The van der Waals surface area contributed by atoms with Gasteiger partial charge >= 0.3 is 0 Å². The van der Waals surface area contributed by atoms with Gasteiger partial charge < -0.3 is 0 Å². The Kier molecular flexibility index (Phi) is 3.37. The van der Waals surface area contributed by atoms with Gasteiger partial charge in [-0.15, -0.1) is 0 Å². The van der Waals surface area contributed by atoms with Crippen molar-refractivity contribution in [3.63, 3.8) is 0 Å². The van der Waals surface area contributed by atoms with E-state index in [-0.39, 0.29) is 0 Å². The zero-order chi connectivity index (χ0) is 14.4. The fourth-order valence-electron chi connectivity index (χ4n) is 5.92. The van der Waals surface area contributed by atoms with Gasteiger partial charge in [0.05, 0.1) is 8.07 Å². The second-order valence-electron chi connectivity index (χ2n) is 8.21. The zero-order valence-electron chi connectivity index (χ0n) is 13.4. The van der Waals surface area contributed by atoms with Crippen molar-refractivity contribution < 1.29 is 0 Å². The van der Waals surface area contributed by atoms with Crippen molar-refractivity contribution >= 4 is 8.07 Å². The van der Waals surface area contributed by atoms with Crippen molar-refractivity contribution in [2.24, 2.45) is 23.7 Å². The van der Waals surface area contributed by atoms with Crippen molar-refractivity contribution in [1.82, 2.24) is 0 Å². The second kappa shape index (κ2) is 5.12. The van der Waals surface area contributed by atoms with E-state index < -0.39 is 8.07 Å². The lowest BCUT2D eigenvalue weighted by molar-refractivity contribution is 0.517. The van der Waals surface area contributed by atoms with Gasteiger partial charge in [0.2, 0.25) is 0 Å². The molecule has 21 heavy (non-hydrogen) atoms. The van der Waals surface area contributed by atoms with Gasteiger partial charge in [-0.1, -0.05) is 74.5 Å². The maximum Gasteiger partial charge on any atom is 0.0548 e. The Morgan fingerprint density at radius 1 is 0.619 bits per heavy atom. The molecule has 0 aliphatic heterocycles. The average Bonchev–Trinajstić information content (AvgIpc) is 3.12. The smallest absolute Gasteiger partial charge is 0.0548 e. The summed E-state index contributed by atoms with van der Waals surface area (Å²) in [5, 5.41) is 0. The Labute approximate surface area is 130 Å². The molecule has 0 amide bonds. The molecule has 0 aromatic heterocycles. The molecule has 0 aromatic carbocycles. The Hall–Kier alpha value is -0.823. The fraction of sp³-hybridized carbons (Fsp3) is 0.600. The molecule has 0 heterocycles. The first-order valence-electron chi connectivity index (χ1n) is 8.88. The van der Waals surface area contributed by atoms with Crippen LogP contribution in [0.25, 0.3) is 0 Å². The largest absolute Gasteiger partial charge is 0.0808 e. The minimum absolute atomic E-state index is 0.853. The van der Waals surface area contributed by atoms with Gasteiger partial charge in [0.25, 0.3) is 0 Å². The standard InChI is InChI=1S/C20H28Si/c1-21(2,19-13-11-15-7-3-5-9-17(15)19)20-14-12-16-8-4-6-10-18(16)20/h3-10,15-20H,11-14H2,1-2H3/t15?,16?,17?,18?,19-,20?/m1/s1. The predicted molar refractivity (Wildman–Crippen MR) is 94.0 cm³/mol. The van der Waals surface area contributed by atoms with E-state index in [1.165, 1.54) is 25.7 Å². The molecule has 4 rings (SSSR count). The van der Waals surface area contributed by atoms with Crippen LogP contribution in [-0.4, -0.2) is 8.07 Å². The van der Waals surface area contributed by atoms with Crippen LogP contribution in [0, 0.1) is 23.7 Å². The third-order valence-electron chi connectivity index (χ3n) is 7.06. The van der Waals surface area contributed by atoms with Crippen LogP contribution in [0.5, 0.6) is 0 Å². The van der Waals surface area contributed by atoms with Gasteiger partial charge in [-0.25, -0.2) is 0 Å². The van der Waals surface area contributed by atoms with E-state index in [0.717, 1.165) is 34.8 Å². The van der Waals surface area contributed by atoms with E-state index >= 15 is 0 Å². The third-order valence-corrected chi connectivity index (χ3v) is 12.2. The Morgan fingerprint density at radius 3 is 1.52 bits per heavy atom. The summed E-state index contributed by atoms with van der Waals surface area (Å²) >= 11 is 0. The van der Waals surface area contributed by atoms with E-state index in [1.54, 1.807) is 0 Å². The van der Waals surface area contributed by atoms with Crippen LogP contribution in [0.3, 0.4) is 0 Å². The first-order valence-corrected chi connectivity index (χ1v) is 12.0. The summed E-state index contributed by atoms with van der Waals surface area (Å²) in [5.74, 6) is 3.43. The molecule has 0 saturated heterocycles. The molecule has 6 atom stereocenters. The molecule has 0 nitrogen and oxygen atoms in total. The first-order chi connectivity index (χ1) is 10.2. The van der Waals surface area contributed by atoms with Gasteiger partial charge in [-0.05, 0) is 47.6 Å². The fourth-order valence-corrected chi connectivity index (χ4v) is 11.0. The first kappa shape index (κ1) is 13.8. The molecule has 0 radical (unpaired) electrons. The minimum Gasteiger partial charge on any atom is -0.0808 e. The number of hydrogen-bond acceptors (Lipinski definition) is 0. The normalized spacial score (nSPS) is 44.1. The summed E-state index contributed by atoms with van der Waals surface area (Å²) in [5.41, 5.74) is 2.01. The Bertz CT molecular complexity index is 476. The summed E-state index contributed by atoms with van der Waals surface area (Å²) in [4.78, 5) is 0. The lowest BCUT2D eigenvalue weighted by atomic mass is 9.91. The lowest BCUT2D eigenvalue weighted by Gasteiger charge is -2.42. The highest BCUT2D eigenvalue weighted by molar-refractivity contribution is 6.80. The highest BCUT2D eigenvalue weighted by Gasteiger charge is 2.51. The zero-order valence-corrected chi connectivity index (χ0v) is 14.4. The van der Waals surface area contributed by atoms with E-state index in [4.69, 9.17) is 0 Å². The summed E-state index contributed by atoms with van der Waals surface area (Å²) < 4.78 is 0. The van der Waals surface area contributed by atoms with Gasteiger partial charge in [0, 0.05) is 0 Å². The lowest BCUT2D eigenvalue weighted by Crippen LogP contribution is -2.42. The Morgan fingerprint density at radius 2 is 1.05 bits per heavy atom. The van der Waals surface area contributed by atoms with E-state index in [2.05, 4.69) is 61.7 Å². The Balaban J connectivity index is 1.59.